The SMILES string of the molecule is CC(CCN(C)C)NC(=O)NCC(O)c1ccccc1Cl. The summed E-state index contributed by atoms with van der Waals surface area (Å²) in [5.74, 6) is 0. The summed E-state index contributed by atoms with van der Waals surface area (Å²) in [6.45, 7) is 2.98. The Morgan fingerprint density at radius 3 is 2.67 bits per heavy atom. The van der Waals surface area contributed by atoms with Crippen molar-refractivity contribution in [1.82, 2.24) is 15.5 Å². The predicted molar refractivity (Wildman–Crippen MR) is 85.6 cm³/mol. The quantitative estimate of drug-likeness (QED) is 0.721. The van der Waals surface area contributed by atoms with Crippen molar-refractivity contribution in [1.29, 1.82) is 0 Å². The Hall–Kier alpha value is -1.30. The van der Waals surface area contributed by atoms with Gasteiger partial charge in [0.25, 0.3) is 0 Å². The Balaban J connectivity index is 2.34. The molecule has 5 nitrogen and oxygen atoms in total. The van der Waals surface area contributed by atoms with E-state index in [1.807, 2.05) is 21.0 Å². The number of hydrogen-bond donors (Lipinski definition) is 3. The summed E-state index contributed by atoms with van der Waals surface area (Å²) in [6, 6.07) is 6.84. The lowest BCUT2D eigenvalue weighted by molar-refractivity contribution is 0.172. The molecule has 0 radical (unpaired) electrons. The summed E-state index contributed by atoms with van der Waals surface area (Å²) < 4.78 is 0. The standard InChI is InChI=1S/C15H24ClN3O2/c1-11(8-9-19(2)3)18-15(21)17-10-14(20)12-6-4-5-7-13(12)16/h4-7,11,14,20H,8-10H2,1-3H3,(H2,17,18,21). The van der Waals surface area contributed by atoms with Gasteiger partial charge in [0.15, 0.2) is 0 Å². The van der Waals surface area contributed by atoms with Crippen molar-refractivity contribution in [3.8, 4) is 0 Å². The molecule has 0 fully saturated rings. The third-order valence-corrected chi connectivity index (χ3v) is 3.45. The second-order valence-electron chi connectivity index (χ2n) is 5.38. The number of halogens is 1. The van der Waals surface area contributed by atoms with Crippen molar-refractivity contribution in [3.05, 3.63) is 34.9 Å². The molecule has 1 aromatic carbocycles. The molecule has 2 unspecified atom stereocenters. The summed E-state index contributed by atoms with van der Waals surface area (Å²) in [7, 11) is 3.99. The van der Waals surface area contributed by atoms with Crippen molar-refractivity contribution < 1.29 is 9.90 Å². The normalized spacial score (nSPS) is 13.8. The van der Waals surface area contributed by atoms with Gasteiger partial charge in [-0.1, -0.05) is 29.8 Å². The van der Waals surface area contributed by atoms with E-state index in [-0.39, 0.29) is 18.6 Å². The Bertz CT molecular complexity index is 454. The number of aliphatic hydroxyl groups excluding tert-OH is 1. The molecule has 0 heterocycles. The first-order chi connectivity index (χ1) is 9.90. The highest BCUT2D eigenvalue weighted by Crippen LogP contribution is 2.21. The predicted octanol–water partition coefficient (Wildman–Crippen LogP) is 2.01. The van der Waals surface area contributed by atoms with Crippen molar-refractivity contribution >= 4 is 17.6 Å². The van der Waals surface area contributed by atoms with E-state index in [9.17, 15) is 9.90 Å². The minimum Gasteiger partial charge on any atom is -0.387 e. The van der Waals surface area contributed by atoms with Crippen molar-refractivity contribution in [2.75, 3.05) is 27.2 Å². The van der Waals surface area contributed by atoms with Gasteiger partial charge in [0, 0.05) is 23.2 Å². The van der Waals surface area contributed by atoms with Crippen LogP contribution < -0.4 is 10.6 Å². The summed E-state index contributed by atoms with van der Waals surface area (Å²) in [4.78, 5) is 13.8. The molecular weight excluding hydrogens is 290 g/mol. The number of nitrogens with one attached hydrogen (secondary N) is 2. The fraction of sp³-hybridized carbons (Fsp3) is 0.533. The molecule has 0 bridgehead atoms. The number of urea groups is 1. The summed E-state index contributed by atoms with van der Waals surface area (Å²) in [5, 5.41) is 16.0. The van der Waals surface area contributed by atoms with Crippen LogP contribution in [0.4, 0.5) is 4.79 Å². The molecule has 1 rings (SSSR count). The lowest BCUT2D eigenvalue weighted by atomic mass is 10.1. The van der Waals surface area contributed by atoms with Gasteiger partial charge in [0.1, 0.15) is 0 Å². The van der Waals surface area contributed by atoms with Crippen LogP contribution in [-0.4, -0.2) is 49.3 Å². The van der Waals surface area contributed by atoms with Crippen molar-refractivity contribution in [2.24, 2.45) is 0 Å². The number of hydrogen-bond acceptors (Lipinski definition) is 3. The van der Waals surface area contributed by atoms with E-state index in [0.29, 0.717) is 10.6 Å². The van der Waals surface area contributed by atoms with Crippen molar-refractivity contribution in [3.63, 3.8) is 0 Å². The van der Waals surface area contributed by atoms with E-state index < -0.39 is 6.10 Å². The fourth-order valence-corrected chi connectivity index (χ4v) is 2.11. The molecule has 2 atom stereocenters. The molecular formula is C15H24ClN3O2. The van der Waals surface area contributed by atoms with Crippen LogP contribution in [0.1, 0.15) is 25.0 Å². The lowest BCUT2D eigenvalue weighted by Gasteiger charge is -2.18. The monoisotopic (exact) mass is 313 g/mol. The van der Waals surface area contributed by atoms with E-state index in [4.69, 9.17) is 11.6 Å². The number of benzene rings is 1. The maximum atomic E-state index is 11.7. The molecule has 0 saturated heterocycles. The lowest BCUT2D eigenvalue weighted by Crippen LogP contribution is -2.43. The number of nitrogens with zero attached hydrogens (tertiary/aromatic N) is 1. The van der Waals surface area contributed by atoms with E-state index in [2.05, 4.69) is 15.5 Å². The topological polar surface area (TPSA) is 64.6 Å². The molecule has 0 aliphatic rings. The second kappa shape index (κ2) is 8.87. The molecule has 6 heteroatoms. The van der Waals surface area contributed by atoms with E-state index in [1.54, 1.807) is 24.3 Å². The Morgan fingerprint density at radius 1 is 1.38 bits per heavy atom. The summed E-state index contributed by atoms with van der Waals surface area (Å²) in [5.41, 5.74) is 0.611. The highest BCUT2D eigenvalue weighted by atomic mass is 35.5. The maximum absolute atomic E-state index is 11.7. The van der Waals surface area contributed by atoms with Crippen molar-refractivity contribution in [2.45, 2.75) is 25.5 Å². The minimum atomic E-state index is -0.818. The molecule has 118 valence electrons. The molecule has 21 heavy (non-hydrogen) atoms. The van der Waals surface area contributed by atoms with E-state index >= 15 is 0 Å². The highest BCUT2D eigenvalue weighted by molar-refractivity contribution is 6.31. The number of rotatable bonds is 7. The van der Waals surface area contributed by atoms with Gasteiger partial charge in [-0.15, -0.1) is 0 Å². The zero-order valence-corrected chi connectivity index (χ0v) is 13.5. The number of aliphatic hydroxyl groups is 1. The van der Waals surface area contributed by atoms with Crippen LogP contribution >= 0.6 is 11.6 Å². The first kappa shape index (κ1) is 17.8. The van der Waals surface area contributed by atoms with Gasteiger partial charge in [0.2, 0.25) is 0 Å². The molecule has 0 saturated carbocycles. The van der Waals surface area contributed by atoms with Crippen LogP contribution in [0.3, 0.4) is 0 Å². The third kappa shape index (κ3) is 6.80. The van der Waals surface area contributed by atoms with E-state index in [1.165, 1.54) is 0 Å². The van der Waals surface area contributed by atoms with Crippen LogP contribution in [-0.2, 0) is 0 Å². The number of amides is 2. The molecule has 1 aromatic rings. The van der Waals surface area contributed by atoms with Gasteiger partial charge >= 0.3 is 6.03 Å². The van der Waals surface area contributed by atoms with Gasteiger partial charge in [-0.2, -0.15) is 0 Å². The molecule has 3 N–H and O–H groups in total. The molecule has 2 amide bonds. The van der Waals surface area contributed by atoms with Gasteiger partial charge in [-0.25, -0.2) is 4.79 Å². The van der Waals surface area contributed by atoms with Gasteiger partial charge in [-0.05, 0) is 40.1 Å². The summed E-state index contributed by atoms with van der Waals surface area (Å²) >= 11 is 6.00. The average molecular weight is 314 g/mol. The summed E-state index contributed by atoms with van der Waals surface area (Å²) in [6.07, 6.45) is 0.0505. The molecule has 0 aromatic heterocycles. The minimum absolute atomic E-state index is 0.0739. The zero-order chi connectivity index (χ0) is 15.8. The zero-order valence-electron chi connectivity index (χ0n) is 12.8. The van der Waals surface area contributed by atoms with Gasteiger partial charge < -0.3 is 20.6 Å². The van der Waals surface area contributed by atoms with Gasteiger partial charge in [-0.3, -0.25) is 0 Å². The van der Waals surface area contributed by atoms with Crippen LogP contribution in [0.2, 0.25) is 5.02 Å². The third-order valence-electron chi connectivity index (χ3n) is 3.11. The average Bonchev–Trinajstić information content (AvgIpc) is 2.43. The molecule has 0 spiro atoms. The van der Waals surface area contributed by atoms with Crippen LogP contribution in [0.5, 0.6) is 0 Å². The largest absolute Gasteiger partial charge is 0.387 e. The van der Waals surface area contributed by atoms with Gasteiger partial charge in [0.05, 0.1) is 6.10 Å². The maximum Gasteiger partial charge on any atom is 0.315 e. The van der Waals surface area contributed by atoms with E-state index in [0.717, 1.165) is 13.0 Å². The van der Waals surface area contributed by atoms with Crippen LogP contribution in [0.15, 0.2) is 24.3 Å². The second-order valence-corrected chi connectivity index (χ2v) is 5.79. The Morgan fingerprint density at radius 2 is 2.05 bits per heavy atom. The Kier molecular flexibility index (Phi) is 7.50. The molecule has 0 aliphatic heterocycles. The smallest absolute Gasteiger partial charge is 0.315 e. The fourth-order valence-electron chi connectivity index (χ4n) is 1.84. The molecule has 0 aliphatic carbocycles. The first-order valence-corrected chi connectivity index (χ1v) is 7.39. The number of carbonyl (C=O) groups excluding carboxylic acids is 1. The Labute approximate surface area is 131 Å². The number of carbonyl (C=O) groups is 1. The first-order valence-electron chi connectivity index (χ1n) is 7.01. The van der Waals surface area contributed by atoms with Crippen LogP contribution in [0.25, 0.3) is 0 Å². The highest BCUT2D eigenvalue weighted by Gasteiger charge is 2.13. The van der Waals surface area contributed by atoms with Crippen LogP contribution in [0, 0.1) is 0 Å².